The van der Waals surface area contributed by atoms with Crippen LogP contribution in [0, 0.1) is 13.8 Å². The van der Waals surface area contributed by atoms with Gasteiger partial charge in [-0.2, -0.15) is 0 Å². The minimum atomic E-state index is -0.181. The van der Waals surface area contributed by atoms with Gasteiger partial charge in [-0.25, -0.2) is 4.98 Å². The van der Waals surface area contributed by atoms with Crippen molar-refractivity contribution < 1.29 is 4.74 Å². The van der Waals surface area contributed by atoms with Crippen molar-refractivity contribution in [2.45, 2.75) is 13.8 Å². The minimum absolute atomic E-state index is 0.181. The lowest BCUT2D eigenvalue weighted by atomic mass is 10.1. The van der Waals surface area contributed by atoms with Gasteiger partial charge in [0.2, 0.25) is 5.43 Å². The van der Waals surface area contributed by atoms with E-state index in [0.29, 0.717) is 15.2 Å². The number of nitrogen functional groups attached to an aromatic ring is 1. The van der Waals surface area contributed by atoms with Gasteiger partial charge in [-0.05, 0) is 49.7 Å². The summed E-state index contributed by atoms with van der Waals surface area (Å²) in [7, 11) is 1.62. The molecule has 1 aromatic carbocycles. The number of anilines is 3. The number of pyridine rings is 1. The summed E-state index contributed by atoms with van der Waals surface area (Å²) in [6.07, 6.45) is 0. The van der Waals surface area contributed by atoms with Crippen LogP contribution in [0.15, 0.2) is 35.1 Å². The van der Waals surface area contributed by atoms with Crippen LogP contribution in [-0.4, -0.2) is 12.1 Å². The predicted octanol–water partition coefficient (Wildman–Crippen LogP) is 3.61. The summed E-state index contributed by atoms with van der Waals surface area (Å²) in [5.74, 6) is 0.767. The molecule has 0 unspecified atom stereocenters. The van der Waals surface area contributed by atoms with E-state index in [1.54, 1.807) is 7.11 Å². The summed E-state index contributed by atoms with van der Waals surface area (Å²) in [6, 6.07) is 9.32. The zero-order chi connectivity index (χ0) is 16.6. The van der Waals surface area contributed by atoms with Crippen LogP contribution in [0.5, 0.6) is 5.75 Å². The van der Waals surface area contributed by atoms with E-state index in [-0.39, 0.29) is 11.1 Å². The van der Waals surface area contributed by atoms with Gasteiger partial charge >= 0.3 is 0 Å². The predicted molar refractivity (Wildman–Crippen MR) is 96.1 cm³/mol. The summed E-state index contributed by atoms with van der Waals surface area (Å²) in [5.41, 5.74) is 8.69. The Bertz CT molecular complexity index is 933. The number of methoxy groups -OCH3 is 1. The van der Waals surface area contributed by atoms with Crippen molar-refractivity contribution >= 4 is 37.9 Å². The van der Waals surface area contributed by atoms with Gasteiger partial charge in [-0.1, -0.05) is 11.3 Å². The highest BCUT2D eigenvalue weighted by Crippen LogP contribution is 2.31. The zero-order valence-corrected chi connectivity index (χ0v) is 14.0. The molecule has 23 heavy (non-hydrogen) atoms. The number of nitrogens with zero attached hydrogens (tertiary/aromatic N) is 1. The fourth-order valence-electron chi connectivity index (χ4n) is 2.44. The third-order valence-corrected chi connectivity index (χ3v) is 4.59. The normalized spacial score (nSPS) is 10.7. The molecule has 5 nitrogen and oxygen atoms in total. The van der Waals surface area contributed by atoms with Crippen molar-refractivity contribution in [3.05, 3.63) is 51.8 Å². The number of aromatic nitrogens is 1. The van der Waals surface area contributed by atoms with E-state index >= 15 is 0 Å². The van der Waals surface area contributed by atoms with Crippen molar-refractivity contribution in [1.82, 2.24) is 4.98 Å². The van der Waals surface area contributed by atoms with Gasteiger partial charge in [-0.15, -0.1) is 0 Å². The van der Waals surface area contributed by atoms with Gasteiger partial charge in [0.15, 0.2) is 0 Å². The molecule has 118 valence electrons. The maximum absolute atomic E-state index is 12.6. The topological polar surface area (TPSA) is 77.2 Å². The summed E-state index contributed by atoms with van der Waals surface area (Å²) in [4.78, 5) is 17.7. The maximum atomic E-state index is 12.6. The second-order valence-electron chi connectivity index (χ2n) is 5.29. The van der Waals surface area contributed by atoms with Crippen molar-refractivity contribution in [1.29, 1.82) is 0 Å². The second kappa shape index (κ2) is 5.89. The van der Waals surface area contributed by atoms with E-state index in [4.69, 9.17) is 10.5 Å². The fraction of sp³-hybridized carbons (Fsp3) is 0.176. The molecule has 0 aliphatic carbocycles. The number of nitrogens with two attached hydrogens (primary N) is 1. The molecule has 0 fully saturated rings. The van der Waals surface area contributed by atoms with E-state index in [0.717, 1.165) is 22.7 Å². The minimum Gasteiger partial charge on any atom is -0.497 e. The lowest BCUT2D eigenvalue weighted by Gasteiger charge is -2.11. The molecule has 3 aromatic rings. The molecule has 0 saturated carbocycles. The van der Waals surface area contributed by atoms with Crippen LogP contribution in [-0.2, 0) is 0 Å². The number of hydrogen-bond acceptors (Lipinski definition) is 6. The van der Waals surface area contributed by atoms with Crippen LogP contribution in [0.2, 0.25) is 0 Å². The molecular formula is C17H17N3O2S. The van der Waals surface area contributed by atoms with Crippen LogP contribution in [0.3, 0.4) is 0 Å². The lowest BCUT2D eigenvalue weighted by Crippen LogP contribution is -2.12. The van der Waals surface area contributed by atoms with Crippen molar-refractivity contribution in [2.24, 2.45) is 0 Å². The van der Waals surface area contributed by atoms with E-state index in [1.807, 2.05) is 44.2 Å². The van der Waals surface area contributed by atoms with Crippen LogP contribution in [0.4, 0.5) is 16.4 Å². The van der Waals surface area contributed by atoms with Crippen LogP contribution in [0.25, 0.3) is 10.2 Å². The van der Waals surface area contributed by atoms with Gasteiger partial charge in [0.1, 0.15) is 21.3 Å². The molecule has 0 atom stereocenters. The van der Waals surface area contributed by atoms with Gasteiger partial charge in [0, 0.05) is 11.4 Å². The SMILES string of the molecule is COc1ccc(Nc2sc3nc(C)cc(C)c3c(=O)c2N)cc1. The molecule has 3 rings (SSSR count). The molecule has 0 spiro atoms. The molecule has 0 amide bonds. The van der Waals surface area contributed by atoms with Crippen molar-refractivity contribution in [3.63, 3.8) is 0 Å². The fourth-order valence-corrected chi connectivity index (χ4v) is 3.55. The summed E-state index contributed by atoms with van der Waals surface area (Å²) < 4.78 is 5.14. The number of ether oxygens (including phenoxy) is 1. The average Bonchev–Trinajstić information content (AvgIpc) is 2.52. The highest BCUT2D eigenvalue weighted by Gasteiger charge is 2.13. The van der Waals surface area contributed by atoms with Gasteiger partial charge < -0.3 is 15.8 Å². The molecule has 2 aromatic heterocycles. The maximum Gasteiger partial charge on any atom is 0.214 e. The lowest BCUT2D eigenvalue weighted by molar-refractivity contribution is 0.415. The van der Waals surface area contributed by atoms with Crippen LogP contribution in [0.1, 0.15) is 11.3 Å². The first-order valence-corrected chi connectivity index (χ1v) is 7.93. The molecule has 0 bridgehead atoms. The van der Waals surface area contributed by atoms with E-state index in [2.05, 4.69) is 10.3 Å². The van der Waals surface area contributed by atoms with E-state index in [9.17, 15) is 4.79 Å². The van der Waals surface area contributed by atoms with Gasteiger partial charge in [-0.3, -0.25) is 4.79 Å². The number of fused-ring (bicyclic) bond motifs is 1. The summed E-state index contributed by atoms with van der Waals surface area (Å²) in [6.45, 7) is 3.82. The Morgan fingerprint density at radius 1 is 1.22 bits per heavy atom. The third kappa shape index (κ3) is 2.85. The smallest absolute Gasteiger partial charge is 0.214 e. The molecule has 0 aliphatic rings. The largest absolute Gasteiger partial charge is 0.497 e. The Morgan fingerprint density at radius 3 is 2.57 bits per heavy atom. The number of hydrogen-bond donors (Lipinski definition) is 2. The third-order valence-electron chi connectivity index (χ3n) is 3.57. The summed E-state index contributed by atoms with van der Waals surface area (Å²) >= 11 is 1.38. The Labute approximate surface area is 137 Å². The highest BCUT2D eigenvalue weighted by molar-refractivity contribution is 7.22. The van der Waals surface area contributed by atoms with E-state index in [1.165, 1.54) is 11.3 Å². The first-order chi connectivity index (χ1) is 11.0. The standard InChI is InChI=1S/C17H17N3O2S/c1-9-8-10(2)19-16-13(9)15(21)14(18)17(23-16)20-11-4-6-12(22-3)7-5-11/h4-8,20H,18H2,1-3H3. The Kier molecular flexibility index (Phi) is 3.92. The highest BCUT2D eigenvalue weighted by atomic mass is 32.1. The van der Waals surface area contributed by atoms with Gasteiger partial charge in [0.25, 0.3) is 0 Å². The van der Waals surface area contributed by atoms with E-state index < -0.39 is 0 Å². The molecule has 0 aliphatic heterocycles. The first-order valence-electron chi connectivity index (χ1n) is 7.11. The number of benzene rings is 1. The van der Waals surface area contributed by atoms with Crippen molar-refractivity contribution in [3.8, 4) is 5.75 Å². The first kappa shape index (κ1) is 15.3. The zero-order valence-electron chi connectivity index (χ0n) is 13.1. The number of rotatable bonds is 3. The Hall–Kier alpha value is -2.60. The molecule has 6 heteroatoms. The molecular weight excluding hydrogens is 310 g/mol. The van der Waals surface area contributed by atoms with Gasteiger partial charge in [0.05, 0.1) is 12.5 Å². The number of aryl methyl sites for hydroxylation is 2. The Morgan fingerprint density at radius 2 is 1.91 bits per heavy atom. The molecule has 3 N–H and O–H groups in total. The van der Waals surface area contributed by atoms with Crippen LogP contribution >= 0.6 is 11.3 Å². The second-order valence-corrected chi connectivity index (χ2v) is 6.29. The molecule has 0 radical (unpaired) electrons. The van der Waals surface area contributed by atoms with Crippen molar-refractivity contribution in [2.75, 3.05) is 18.2 Å². The molecule has 0 saturated heterocycles. The van der Waals surface area contributed by atoms with Crippen LogP contribution < -0.4 is 21.2 Å². The summed E-state index contributed by atoms with van der Waals surface area (Å²) in [5, 5.41) is 4.39. The molecule has 2 heterocycles. The average molecular weight is 327 g/mol. The Balaban J connectivity index is 2.10. The quantitative estimate of drug-likeness (QED) is 0.768. The number of nitrogens with one attached hydrogen (secondary N) is 1. The monoisotopic (exact) mass is 327 g/mol.